The van der Waals surface area contributed by atoms with Crippen LogP contribution in [0.3, 0.4) is 0 Å². The molecule has 0 aliphatic heterocycles. The van der Waals surface area contributed by atoms with Gasteiger partial charge in [-0.3, -0.25) is 9.67 Å². The minimum atomic E-state index is 1.03. The number of pyridine rings is 1. The van der Waals surface area contributed by atoms with E-state index in [-0.39, 0.29) is 0 Å². The van der Waals surface area contributed by atoms with Crippen LogP contribution < -0.4 is 0 Å². The molecule has 2 aromatic heterocycles. The molecule has 0 saturated heterocycles. The molecule has 0 atom stereocenters. The maximum atomic E-state index is 4.18. The number of aryl methyl sites for hydroxylation is 2. The van der Waals surface area contributed by atoms with Crippen LogP contribution in [0.25, 0.3) is 10.9 Å². The SMILES string of the molecule is CC.CC.Cc1nccc2cnn(C)c12. The number of fused-ring (bicyclic) bond motifs is 1. The third kappa shape index (κ3) is 3.05. The van der Waals surface area contributed by atoms with Crippen molar-refractivity contribution in [2.45, 2.75) is 34.6 Å². The van der Waals surface area contributed by atoms with Gasteiger partial charge in [0.05, 0.1) is 17.4 Å². The van der Waals surface area contributed by atoms with Crippen LogP contribution in [0.4, 0.5) is 0 Å². The zero-order valence-corrected chi connectivity index (χ0v) is 10.6. The maximum absolute atomic E-state index is 4.18. The molecule has 3 nitrogen and oxygen atoms in total. The summed E-state index contributed by atoms with van der Waals surface area (Å²) in [4.78, 5) is 4.18. The Morgan fingerprint density at radius 1 is 1.13 bits per heavy atom. The van der Waals surface area contributed by atoms with E-state index in [2.05, 4.69) is 10.1 Å². The van der Waals surface area contributed by atoms with Crippen LogP contribution in [0, 0.1) is 6.92 Å². The van der Waals surface area contributed by atoms with E-state index >= 15 is 0 Å². The Bertz CT molecular complexity index is 391. The summed E-state index contributed by atoms with van der Waals surface area (Å²) in [7, 11) is 1.93. The summed E-state index contributed by atoms with van der Waals surface area (Å²) in [5.41, 5.74) is 2.15. The lowest BCUT2D eigenvalue weighted by atomic mass is 10.3. The molecule has 2 aromatic rings. The van der Waals surface area contributed by atoms with E-state index in [0.29, 0.717) is 0 Å². The summed E-state index contributed by atoms with van der Waals surface area (Å²) in [5, 5.41) is 5.29. The van der Waals surface area contributed by atoms with E-state index in [9.17, 15) is 0 Å². The fourth-order valence-electron chi connectivity index (χ4n) is 1.31. The molecule has 15 heavy (non-hydrogen) atoms. The van der Waals surface area contributed by atoms with Crippen molar-refractivity contribution in [2.24, 2.45) is 7.05 Å². The quantitative estimate of drug-likeness (QED) is 0.663. The predicted octanol–water partition coefficient (Wildman–Crippen LogP) is 3.33. The molecule has 0 saturated carbocycles. The predicted molar refractivity (Wildman–Crippen MR) is 65.9 cm³/mol. The van der Waals surface area contributed by atoms with Gasteiger partial charge in [0.15, 0.2) is 0 Å². The molecule has 2 heterocycles. The van der Waals surface area contributed by atoms with Crippen LogP contribution in [0.15, 0.2) is 18.5 Å². The highest BCUT2D eigenvalue weighted by atomic mass is 15.3. The van der Waals surface area contributed by atoms with Crippen molar-refractivity contribution < 1.29 is 0 Å². The summed E-state index contributed by atoms with van der Waals surface area (Å²) in [6, 6.07) is 1.97. The summed E-state index contributed by atoms with van der Waals surface area (Å²) in [6.07, 6.45) is 3.66. The molecule has 0 spiro atoms. The molecule has 0 aromatic carbocycles. The summed E-state index contributed by atoms with van der Waals surface area (Å²) >= 11 is 0. The molecule has 84 valence electrons. The van der Waals surface area contributed by atoms with E-state index in [4.69, 9.17) is 0 Å². The third-order valence-electron chi connectivity index (χ3n) is 1.83. The van der Waals surface area contributed by atoms with Crippen molar-refractivity contribution in [3.63, 3.8) is 0 Å². The molecule has 2 rings (SSSR count). The normalized spacial score (nSPS) is 8.67. The molecule has 0 aliphatic rings. The Morgan fingerprint density at radius 2 is 1.73 bits per heavy atom. The lowest BCUT2D eigenvalue weighted by Crippen LogP contribution is -1.92. The van der Waals surface area contributed by atoms with Gasteiger partial charge in [-0.1, -0.05) is 27.7 Å². The molecule has 0 radical (unpaired) electrons. The van der Waals surface area contributed by atoms with Gasteiger partial charge >= 0.3 is 0 Å². The Labute approximate surface area is 92.1 Å². The summed E-state index contributed by atoms with van der Waals surface area (Å²) in [6.45, 7) is 9.99. The molecule has 0 fully saturated rings. The summed E-state index contributed by atoms with van der Waals surface area (Å²) in [5.74, 6) is 0. The Kier molecular flexibility index (Phi) is 6.34. The first-order valence-electron chi connectivity index (χ1n) is 5.52. The van der Waals surface area contributed by atoms with Crippen LogP contribution in [-0.2, 0) is 7.05 Å². The smallest absolute Gasteiger partial charge is 0.0891 e. The monoisotopic (exact) mass is 207 g/mol. The van der Waals surface area contributed by atoms with Gasteiger partial charge < -0.3 is 0 Å². The molecule has 0 bridgehead atoms. The summed E-state index contributed by atoms with van der Waals surface area (Å²) < 4.78 is 1.84. The number of nitrogens with zero attached hydrogens (tertiary/aromatic N) is 3. The average Bonchev–Trinajstić information content (AvgIpc) is 2.68. The lowest BCUT2D eigenvalue weighted by molar-refractivity contribution is 0.792. The van der Waals surface area contributed by atoms with Crippen molar-refractivity contribution in [3.8, 4) is 0 Å². The first kappa shape index (κ1) is 13.6. The molecule has 0 unspecified atom stereocenters. The third-order valence-corrected chi connectivity index (χ3v) is 1.83. The Hall–Kier alpha value is -1.38. The first-order chi connectivity index (χ1) is 7.29. The maximum Gasteiger partial charge on any atom is 0.0891 e. The minimum Gasteiger partial charge on any atom is -0.266 e. The van der Waals surface area contributed by atoms with Gasteiger partial charge in [0.1, 0.15) is 0 Å². The van der Waals surface area contributed by atoms with Crippen molar-refractivity contribution in [1.29, 1.82) is 0 Å². The lowest BCUT2D eigenvalue weighted by Gasteiger charge is -1.96. The van der Waals surface area contributed by atoms with Crippen LogP contribution in [0.1, 0.15) is 33.4 Å². The van der Waals surface area contributed by atoms with Gasteiger partial charge in [0.25, 0.3) is 0 Å². The van der Waals surface area contributed by atoms with E-state index in [1.165, 1.54) is 0 Å². The van der Waals surface area contributed by atoms with E-state index < -0.39 is 0 Å². The van der Waals surface area contributed by atoms with Crippen molar-refractivity contribution in [3.05, 3.63) is 24.2 Å². The number of hydrogen-bond acceptors (Lipinski definition) is 2. The van der Waals surface area contributed by atoms with E-state index in [1.54, 1.807) is 6.20 Å². The van der Waals surface area contributed by atoms with Crippen LogP contribution in [-0.4, -0.2) is 14.8 Å². The minimum absolute atomic E-state index is 1.03. The zero-order chi connectivity index (χ0) is 11.8. The fourth-order valence-corrected chi connectivity index (χ4v) is 1.31. The van der Waals surface area contributed by atoms with E-state index in [1.807, 2.05) is 58.6 Å². The average molecular weight is 207 g/mol. The van der Waals surface area contributed by atoms with Crippen LogP contribution in [0.2, 0.25) is 0 Å². The second-order valence-corrected chi connectivity index (χ2v) is 2.60. The van der Waals surface area contributed by atoms with Gasteiger partial charge in [-0.15, -0.1) is 0 Å². The highest BCUT2D eigenvalue weighted by molar-refractivity contribution is 5.79. The largest absolute Gasteiger partial charge is 0.266 e. The van der Waals surface area contributed by atoms with Gasteiger partial charge in [-0.05, 0) is 13.0 Å². The van der Waals surface area contributed by atoms with Crippen LogP contribution >= 0.6 is 0 Å². The number of rotatable bonds is 0. The number of hydrogen-bond donors (Lipinski definition) is 0. The van der Waals surface area contributed by atoms with Crippen LogP contribution in [0.5, 0.6) is 0 Å². The molecular formula is C12H21N3. The highest BCUT2D eigenvalue weighted by Crippen LogP contribution is 2.13. The number of aromatic nitrogens is 3. The first-order valence-corrected chi connectivity index (χ1v) is 5.52. The second kappa shape index (κ2) is 6.98. The molecule has 0 aliphatic carbocycles. The van der Waals surface area contributed by atoms with Gasteiger partial charge in [0, 0.05) is 18.6 Å². The van der Waals surface area contributed by atoms with Crippen molar-refractivity contribution in [1.82, 2.24) is 14.8 Å². The van der Waals surface area contributed by atoms with E-state index in [0.717, 1.165) is 16.6 Å². The zero-order valence-electron chi connectivity index (χ0n) is 10.6. The van der Waals surface area contributed by atoms with Gasteiger partial charge in [0.2, 0.25) is 0 Å². The van der Waals surface area contributed by atoms with Crippen molar-refractivity contribution >= 4 is 10.9 Å². The Balaban J connectivity index is 0.000000442. The standard InChI is InChI=1S/C8H9N3.2C2H6/c1-6-8-7(3-4-9-6)5-10-11(8)2;2*1-2/h3-5H,1-2H3;2*1-2H3. The Morgan fingerprint density at radius 3 is 2.27 bits per heavy atom. The highest BCUT2D eigenvalue weighted by Gasteiger charge is 2.00. The second-order valence-electron chi connectivity index (χ2n) is 2.60. The fraction of sp³-hybridized carbons (Fsp3) is 0.500. The van der Waals surface area contributed by atoms with Gasteiger partial charge in [-0.2, -0.15) is 5.10 Å². The molecule has 3 heteroatoms. The van der Waals surface area contributed by atoms with Gasteiger partial charge in [-0.25, -0.2) is 0 Å². The molecule has 0 amide bonds. The topological polar surface area (TPSA) is 30.7 Å². The van der Waals surface area contributed by atoms with Crippen molar-refractivity contribution in [2.75, 3.05) is 0 Å². The molecular weight excluding hydrogens is 186 g/mol. The molecule has 0 N–H and O–H groups in total.